The number of carboxylic acids is 1. The number of hydrogen-bond acceptors (Lipinski definition) is 2. The lowest BCUT2D eigenvalue weighted by atomic mass is 10.2. The molecule has 0 radical (unpaired) electrons. The molecule has 1 fully saturated rings. The molecule has 1 heterocycles. The van der Waals surface area contributed by atoms with Crippen molar-refractivity contribution in [1.82, 2.24) is 0 Å². The third-order valence-corrected chi connectivity index (χ3v) is 2.74. The first kappa shape index (κ1) is 9.31. The second-order valence-corrected chi connectivity index (χ2v) is 4.02. The Morgan fingerprint density at radius 3 is 2.93 bits per heavy atom. The summed E-state index contributed by atoms with van der Waals surface area (Å²) in [5.74, 6) is 2.35. The van der Waals surface area contributed by atoms with Gasteiger partial charge in [-0.2, -0.15) is 0 Å². The predicted molar refractivity (Wildman–Crippen MR) is 51.2 cm³/mol. The monoisotopic (exact) mass is 194 g/mol. The molecule has 0 bridgehead atoms. The van der Waals surface area contributed by atoms with E-state index in [0.29, 0.717) is 12.3 Å². The Morgan fingerprint density at radius 2 is 2.36 bits per heavy atom. The van der Waals surface area contributed by atoms with Gasteiger partial charge in [-0.15, -0.1) is 0 Å². The van der Waals surface area contributed by atoms with Crippen LogP contribution in [-0.2, 0) is 11.2 Å². The van der Waals surface area contributed by atoms with Gasteiger partial charge in [0, 0.05) is 12.3 Å². The highest BCUT2D eigenvalue weighted by Crippen LogP contribution is 2.47. The van der Waals surface area contributed by atoms with E-state index in [1.54, 1.807) is 0 Å². The van der Waals surface area contributed by atoms with E-state index in [1.165, 1.54) is 6.42 Å². The Kier molecular flexibility index (Phi) is 2.32. The molecule has 1 aliphatic rings. The Bertz CT molecular complexity index is 340. The van der Waals surface area contributed by atoms with E-state index >= 15 is 0 Å². The summed E-state index contributed by atoms with van der Waals surface area (Å²) in [6, 6.07) is 3.87. The molecule has 0 saturated heterocycles. The number of aliphatic carboxylic acids is 1. The lowest BCUT2D eigenvalue weighted by Crippen LogP contribution is -1.96. The van der Waals surface area contributed by atoms with Crippen LogP contribution < -0.4 is 0 Å². The summed E-state index contributed by atoms with van der Waals surface area (Å²) < 4.78 is 5.57. The van der Waals surface area contributed by atoms with Crippen LogP contribution in [0.3, 0.4) is 0 Å². The van der Waals surface area contributed by atoms with E-state index in [0.717, 1.165) is 17.4 Å². The SMILES string of the molecule is C[C@H]1C[C@@H]1c1ccc(CCC(=O)O)o1. The van der Waals surface area contributed by atoms with Crippen molar-refractivity contribution in [2.45, 2.75) is 32.1 Å². The average molecular weight is 194 g/mol. The van der Waals surface area contributed by atoms with Crippen LogP contribution in [-0.4, -0.2) is 11.1 Å². The van der Waals surface area contributed by atoms with Gasteiger partial charge in [0.15, 0.2) is 0 Å². The van der Waals surface area contributed by atoms with Gasteiger partial charge in [-0.05, 0) is 24.5 Å². The minimum Gasteiger partial charge on any atom is -0.481 e. The van der Waals surface area contributed by atoms with Crippen molar-refractivity contribution in [3.05, 3.63) is 23.7 Å². The van der Waals surface area contributed by atoms with Crippen molar-refractivity contribution < 1.29 is 14.3 Å². The van der Waals surface area contributed by atoms with Gasteiger partial charge in [-0.25, -0.2) is 0 Å². The van der Waals surface area contributed by atoms with Crippen molar-refractivity contribution in [3.8, 4) is 0 Å². The van der Waals surface area contributed by atoms with Crippen molar-refractivity contribution in [2.24, 2.45) is 5.92 Å². The molecule has 3 heteroatoms. The molecule has 1 aromatic heterocycles. The summed E-state index contributed by atoms with van der Waals surface area (Å²) in [4.78, 5) is 10.3. The highest BCUT2D eigenvalue weighted by Gasteiger charge is 2.36. The van der Waals surface area contributed by atoms with Crippen LogP contribution in [0.1, 0.15) is 37.2 Å². The maximum Gasteiger partial charge on any atom is 0.303 e. The second-order valence-electron chi connectivity index (χ2n) is 4.02. The fourth-order valence-electron chi connectivity index (χ4n) is 1.68. The lowest BCUT2D eigenvalue weighted by Gasteiger charge is -1.93. The van der Waals surface area contributed by atoms with Crippen molar-refractivity contribution >= 4 is 5.97 Å². The Labute approximate surface area is 82.7 Å². The van der Waals surface area contributed by atoms with E-state index < -0.39 is 5.97 Å². The van der Waals surface area contributed by atoms with Crippen LogP contribution in [0.4, 0.5) is 0 Å². The first-order valence-corrected chi connectivity index (χ1v) is 4.97. The molecule has 1 saturated carbocycles. The molecule has 0 amide bonds. The number of carboxylic acid groups (broad SMARTS) is 1. The molecule has 14 heavy (non-hydrogen) atoms. The number of furan rings is 1. The average Bonchev–Trinajstić information content (AvgIpc) is 2.68. The molecular formula is C11H14O3. The van der Waals surface area contributed by atoms with Gasteiger partial charge in [0.2, 0.25) is 0 Å². The van der Waals surface area contributed by atoms with Gasteiger partial charge in [-0.3, -0.25) is 4.79 Å². The summed E-state index contributed by atoms with van der Waals surface area (Å²) in [7, 11) is 0. The summed E-state index contributed by atoms with van der Waals surface area (Å²) in [5.41, 5.74) is 0. The fraction of sp³-hybridized carbons (Fsp3) is 0.545. The van der Waals surface area contributed by atoms with Crippen molar-refractivity contribution in [3.63, 3.8) is 0 Å². The maximum absolute atomic E-state index is 10.3. The normalized spacial score (nSPS) is 24.9. The molecule has 76 valence electrons. The zero-order valence-corrected chi connectivity index (χ0v) is 8.19. The number of hydrogen-bond donors (Lipinski definition) is 1. The molecule has 3 nitrogen and oxygen atoms in total. The van der Waals surface area contributed by atoms with Gasteiger partial charge in [-0.1, -0.05) is 6.92 Å². The van der Waals surface area contributed by atoms with Gasteiger partial charge < -0.3 is 9.52 Å². The Hall–Kier alpha value is -1.25. The molecule has 0 spiro atoms. The minimum atomic E-state index is -0.775. The van der Waals surface area contributed by atoms with E-state index in [9.17, 15) is 4.79 Å². The second kappa shape index (κ2) is 3.48. The van der Waals surface area contributed by atoms with Crippen LogP contribution in [0.2, 0.25) is 0 Å². The molecule has 0 aromatic carbocycles. The third-order valence-electron chi connectivity index (χ3n) is 2.74. The molecule has 1 N–H and O–H groups in total. The van der Waals surface area contributed by atoms with Gasteiger partial charge in [0.05, 0.1) is 6.42 Å². The first-order chi connectivity index (χ1) is 6.66. The molecule has 0 unspecified atom stereocenters. The quantitative estimate of drug-likeness (QED) is 0.800. The number of carbonyl (C=O) groups is 1. The fourth-order valence-corrected chi connectivity index (χ4v) is 1.68. The van der Waals surface area contributed by atoms with Crippen LogP contribution in [0.5, 0.6) is 0 Å². The van der Waals surface area contributed by atoms with Gasteiger partial charge in [0.1, 0.15) is 11.5 Å². The summed E-state index contributed by atoms with van der Waals surface area (Å²) in [6.45, 7) is 2.20. The highest BCUT2D eigenvalue weighted by atomic mass is 16.4. The molecule has 1 aliphatic carbocycles. The van der Waals surface area contributed by atoms with E-state index in [4.69, 9.17) is 9.52 Å². The standard InChI is InChI=1S/C11H14O3/c1-7-6-9(7)10-4-2-8(14-10)3-5-11(12)13/h2,4,7,9H,3,5-6H2,1H3,(H,12,13)/t7-,9-/m0/s1. The first-order valence-electron chi connectivity index (χ1n) is 4.97. The zero-order chi connectivity index (χ0) is 10.1. The third kappa shape index (κ3) is 1.97. The highest BCUT2D eigenvalue weighted by molar-refractivity contribution is 5.66. The number of rotatable bonds is 4. The van der Waals surface area contributed by atoms with Crippen LogP contribution in [0.25, 0.3) is 0 Å². The Morgan fingerprint density at radius 1 is 1.64 bits per heavy atom. The summed E-state index contributed by atoms with van der Waals surface area (Å²) in [5, 5.41) is 8.50. The topological polar surface area (TPSA) is 50.4 Å². The van der Waals surface area contributed by atoms with Gasteiger partial charge >= 0.3 is 5.97 Å². The summed E-state index contributed by atoms with van der Waals surface area (Å²) >= 11 is 0. The molecule has 2 rings (SSSR count). The lowest BCUT2D eigenvalue weighted by molar-refractivity contribution is -0.137. The van der Waals surface area contributed by atoms with Gasteiger partial charge in [0.25, 0.3) is 0 Å². The molecular weight excluding hydrogens is 180 g/mol. The van der Waals surface area contributed by atoms with Crippen molar-refractivity contribution in [2.75, 3.05) is 0 Å². The molecule has 0 aliphatic heterocycles. The predicted octanol–water partition coefficient (Wildman–Crippen LogP) is 2.42. The number of aryl methyl sites for hydroxylation is 1. The van der Waals surface area contributed by atoms with E-state index in [2.05, 4.69) is 6.92 Å². The minimum absolute atomic E-state index is 0.146. The van der Waals surface area contributed by atoms with Crippen LogP contribution in [0.15, 0.2) is 16.5 Å². The van der Waals surface area contributed by atoms with Crippen LogP contribution in [0, 0.1) is 5.92 Å². The Balaban J connectivity index is 1.93. The van der Waals surface area contributed by atoms with E-state index in [1.807, 2.05) is 12.1 Å². The summed E-state index contributed by atoms with van der Waals surface area (Å²) in [6.07, 6.45) is 1.84. The zero-order valence-electron chi connectivity index (χ0n) is 8.19. The largest absolute Gasteiger partial charge is 0.481 e. The van der Waals surface area contributed by atoms with Crippen molar-refractivity contribution in [1.29, 1.82) is 0 Å². The maximum atomic E-state index is 10.3. The van der Waals surface area contributed by atoms with Crippen LogP contribution >= 0.6 is 0 Å². The smallest absolute Gasteiger partial charge is 0.303 e. The molecule has 1 aromatic rings. The molecule has 2 atom stereocenters. The van der Waals surface area contributed by atoms with E-state index in [-0.39, 0.29) is 6.42 Å².